The standard InChI is InChI=1S/C11H19NS/c1-10-4-6-12(7-5-10)11-3-2-8-13-9-11/h4,11H,2-3,5-9H2,1H3. The molecule has 13 heavy (non-hydrogen) atoms. The van der Waals surface area contributed by atoms with Crippen LogP contribution in [0.1, 0.15) is 26.2 Å². The van der Waals surface area contributed by atoms with Crippen molar-refractivity contribution in [3.63, 3.8) is 0 Å². The molecule has 0 N–H and O–H groups in total. The molecule has 0 aromatic carbocycles. The molecule has 0 bridgehead atoms. The molecule has 0 aromatic heterocycles. The molecule has 0 radical (unpaired) electrons. The molecule has 0 aliphatic carbocycles. The van der Waals surface area contributed by atoms with E-state index in [0.717, 1.165) is 6.04 Å². The van der Waals surface area contributed by atoms with E-state index in [2.05, 4.69) is 29.7 Å². The number of thioether (sulfide) groups is 1. The van der Waals surface area contributed by atoms with Crippen LogP contribution in [0.3, 0.4) is 0 Å². The van der Waals surface area contributed by atoms with Crippen LogP contribution < -0.4 is 0 Å². The number of hydrogen-bond acceptors (Lipinski definition) is 2. The molecule has 2 heterocycles. The molecular formula is C11H19NS. The van der Waals surface area contributed by atoms with Gasteiger partial charge in [0.2, 0.25) is 0 Å². The summed E-state index contributed by atoms with van der Waals surface area (Å²) in [5.74, 6) is 2.76. The van der Waals surface area contributed by atoms with Crippen molar-refractivity contribution < 1.29 is 0 Å². The molecule has 1 nitrogen and oxygen atoms in total. The van der Waals surface area contributed by atoms with Crippen molar-refractivity contribution in [2.45, 2.75) is 32.2 Å². The van der Waals surface area contributed by atoms with E-state index in [9.17, 15) is 0 Å². The van der Waals surface area contributed by atoms with Crippen molar-refractivity contribution in [2.75, 3.05) is 24.6 Å². The first-order chi connectivity index (χ1) is 6.36. The zero-order valence-electron chi connectivity index (χ0n) is 8.46. The van der Waals surface area contributed by atoms with Crippen LogP contribution in [0.5, 0.6) is 0 Å². The first-order valence-electron chi connectivity index (χ1n) is 5.33. The molecular weight excluding hydrogens is 178 g/mol. The summed E-state index contributed by atoms with van der Waals surface area (Å²) in [7, 11) is 0. The van der Waals surface area contributed by atoms with Crippen LogP contribution in [0.4, 0.5) is 0 Å². The van der Waals surface area contributed by atoms with E-state index in [1.165, 1.54) is 43.9 Å². The summed E-state index contributed by atoms with van der Waals surface area (Å²) >= 11 is 2.14. The Bertz CT molecular complexity index is 194. The minimum atomic E-state index is 0.878. The Hall–Kier alpha value is 0.0500. The van der Waals surface area contributed by atoms with Gasteiger partial charge in [0, 0.05) is 24.9 Å². The zero-order valence-corrected chi connectivity index (χ0v) is 9.28. The lowest BCUT2D eigenvalue weighted by Crippen LogP contribution is -2.41. The van der Waals surface area contributed by atoms with Crippen molar-refractivity contribution in [1.29, 1.82) is 0 Å². The van der Waals surface area contributed by atoms with Crippen molar-refractivity contribution in [1.82, 2.24) is 4.90 Å². The largest absolute Gasteiger partial charge is 0.296 e. The van der Waals surface area contributed by atoms with Crippen molar-refractivity contribution >= 4 is 11.8 Å². The predicted molar refractivity (Wildman–Crippen MR) is 60.3 cm³/mol. The summed E-state index contributed by atoms with van der Waals surface area (Å²) in [6, 6.07) is 0.878. The van der Waals surface area contributed by atoms with Crippen LogP contribution in [0.2, 0.25) is 0 Å². The maximum atomic E-state index is 2.67. The third-order valence-corrected chi connectivity index (χ3v) is 4.32. The average molecular weight is 197 g/mol. The predicted octanol–water partition coefficient (Wildman–Crippen LogP) is 2.53. The van der Waals surface area contributed by atoms with Gasteiger partial charge in [-0.3, -0.25) is 4.90 Å². The van der Waals surface area contributed by atoms with E-state index in [4.69, 9.17) is 0 Å². The van der Waals surface area contributed by atoms with Gasteiger partial charge in [-0.05, 0) is 31.9 Å². The van der Waals surface area contributed by atoms with Gasteiger partial charge in [0.25, 0.3) is 0 Å². The smallest absolute Gasteiger partial charge is 0.0190 e. The van der Waals surface area contributed by atoms with Crippen LogP contribution in [-0.2, 0) is 0 Å². The first-order valence-corrected chi connectivity index (χ1v) is 6.49. The van der Waals surface area contributed by atoms with Gasteiger partial charge in [-0.1, -0.05) is 11.6 Å². The second kappa shape index (κ2) is 4.52. The second-order valence-electron chi connectivity index (χ2n) is 4.17. The highest BCUT2D eigenvalue weighted by atomic mass is 32.2. The summed E-state index contributed by atoms with van der Waals surface area (Å²) in [5.41, 5.74) is 1.58. The third kappa shape index (κ3) is 2.50. The summed E-state index contributed by atoms with van der Waals surface area (Å²) in [4.78, 5) is 2.67. The molecule has 0 saturated carbocycles. The fourth-order valence-corrected chi connectivity index (χ4v) is 3.32. The van der Waals surface area contributed by atoms with Crippen molar-refractivity contribution in [2.24, 2.45) is 0 Å². The van der Waals surface area contributed by atoms with E-state index in [1.807, 2.05) is 0 Å². The normalized spacial score (nSPS) is 31.5. The highest BCUT2D eigenvalue weighted by Crippen LogP contribution is 2.23. The lowest BCUT2D eigenvalue weighted by Gasteiger charge is -2.35. The molecule has 1 unspecified atom stereocenters. The number of rotatable bonds is 1. The van der Waals surface area contributed by atoms with E-state index in [1.54, 1.807) is 5.57 Å². The van der Waals surface area contributed by atoms with Gasteiger partial charge in [0.1, 0.15) is 0 Å². The Balaban J connectivity index is 1.86. The molecule has 74 valence electrons. The molecule has 1 fully saturated rings. The Kier molecular flexibility index (Phi) is 3.33. The minimum Gasteiger partial charge on any atom is -0.296 e. The Morgan fingerprint density at radius 3 is 3.08 bits per heavy atom. The lowest BCUT2D eigenvalue weighted by molar-refractivity contribution is 0.215. The van der Waals surface area contributed by atoms with E-state index in [0.29, 0.717) is 0 Å². The fraction of sp³-hybridized carbons (Fsp3) is 0.818. The molecule has 0 spiro atoms. The summed E-state index contributed by atoms with van der Waals surface area (Å²) in [6.45, 7) is 4.76. The van der Waals surface area contributed by atoms with Crippen LogP contribution >= 0.6 is 11.8 Å². The SMILES string of the molecule is CC1=CCN(C2CCCSC2)CC1. The van der Waals surface area contributed by atoms with E-state index in [-0.39, 0.29) is 0 Å². The monoisotopic (exact) mass is 197 g/mol. The molecule has 0 amide bonds. The fourth-order valence-electron chi connectivity index (χ4n) is 2.13. The van der Waals surface area contributed by atoms with Crippen LogP contribution in [0.25, 0.3) is 0 Å². The number of nitrogens with zero attached hydrogens (tertiary/aromatic N) is 1. The van der Waals surface area contributed by atoms with Gasteiger partial charge in [-0.2, -0.15) is 11.8 Å². The average Bonchev–Trinajstić information content (AvgIpc) is 2.20. The van der Waals surface area contributed by atoms with E-state index >= 15 is 0 Å². The first kappa shape index (κ1) is 9.60. The van der Waals surface area contributed by atoms with Crippen LogP contribution in [-0.4, -0.2) is 35.5 Å². The van der Waals surface area contributed by atoms with Crippen LogP contribution in [0.15, 0.2) is 11.6 Å². The van der Waals surface area contributed by atoms with Gasteiger partial charge in [0.15, 0.2) is 0 Å². The van der Waals surface area contributed by atoms with Gasteiger partial charge in [-0.15, -0.1) is 0 Å². The van der Waals surface area contributed by atoms with Gasteiger partial charge in [-0.25, -0.2) is 0 Å². The number of hydrogen-bond donors (Lipinski definition) is 0. The summed E-state index contributed by atoms with van der Waals surface area (Å²) in [6.07, 6.45) is 6.55. The van der Waals surface area contributed by atoms with E-state index < -0.39 is 0 Å². The second-order valence-corrected chi connectivity index (χ2v) is 5.32. The lowest BCUT2D eigenvalue weighted by atomic mass is 10.1. The Morgan fingerprint density at radius 2 is 2.46 bits per heavy atom. The molecule has 1 saturated heterocycles. The molecule has 2 heteroatoms. The molecule has 2 rings (SSSR count). The van der Waals surface area contributed by atoms with Crippen LogP contribution in [0, 0.1) is 0 Å². The maximum Gasteiger partial charge on any atom is 0.0190 e. The molecule has 2 aliphatic rings. The molecule has 0 aromatic rings. The molecule has 1 atom stereocenters. The Labute approximate surface area is 85.6 Å². The van der Waals surface area contributed by atoms with Gasteiger partial charge in [0.05, 0.1) is 0 Å². The molecule has 2 aliphatic heterocycles. The van der Waals surface area contributed by atoms with Crippen molar-refractivity contribution in [3.05, 3.63) is 11.6 Å². The minimum absolute atomic E-state index is 0.878. The van der Waals surface area contributed by atoms with Gasteiger partial charge < -0.3 is 0 Å². The third-order valence-electron chi connectivity index (χ3n) is 3.12. The summed E-state index contributed by atoms with van der Waals surface area (Å²) < 4.78 is 0. The zero-order chi connectivity index (χ0) is 9.10. The highest BCUT2D eigenvalue weighted by molar-refractivity contribution is 7.99. The van der Waals surface area contributed by atoms with Crippen molar-refractivity contribution in [3.8, 4) is 0 Å². The quantitative estimate of drug-likeness (QED) is 0.594. The highest BCUT2D eigenvalue weighted by Gasteiger charge is 2.21. The summed E-state index contributed by atoms with van der Waals surface area (Å²) in [5, 5.41) is 0. The van der Waals surface area contributed by atoms with Gasteiger partial charge >= 0.3 is 0 Å². The topological polar surface area (TPSA) is 3.24 Å². The Morgan fingerprint density at radius 1 is 1.54 bits per heavy atom. The maximum absolute atomic E-state index is 2.67.